The summed E-state index contributed by atoms with van der Waals surface area (Å²) in [5, 5.41) is 3.41. The normalized spacial score (nSPS) is 18.3. The van der Waals surface area contributed by atoms with Crippen molar-refractivity contribution in [2.24, 2.45) is 11.7 Å². The highest BCUT2D eigenvalue weighted by molar-refractivity contribution is 6.31. The van der Waals surface area contributed by atoms with Crippen LogP contribution in [0.1, 0.15) is 33.1 Å². The summed E-state index contributed by atoms with van der Waals surface area (Å²) in [5.41, 5.74) is 6.51. The highest BCUT2D eigenvalue weighted by Crippen LogP contribution is 2.27. The molecular weight excluding hydrogens is 314 g/mol. The van der Waals surface area contributed by atoms with Gasteiger partial charge < -0.3 is 16.0 Å². The van der Waals surface area contributed by atoms with Crippen molar-refractivity contribution in [2.75, 3.05) is 18.0 Å². The molecule has 0 aliphatic carbocycles. The van der Waals surface area contributed by atoms with Gasteiger partial charge in [0.25, 0.3) is 0 Å². The number of hydrogen-bond donors (Lipinski definition) is 2. The second kappa shape index (κ2) is 7.32. The van der Waals surface area contributed by atoms with Crippen molar-refractivity contribution in [3.8, 4) is 0 Å². The van der Waals surface area contributed by atoms with Crippen LogP contribution < -0.4 is 16.0 Å². The minimum atomic E-state index is -0.646. The van der Waals surface area contributed by atoms with Gasteiger partial charge >= 0.3 is 0 Å². The van der Waals surface area contributed by atoms with E-state index in [9.17, 15) is 9.59 Å². The van der Waals surface area contributed by atoms with E-state index in [2.05, 4.69) is 5.32 Å². The summed E-state index contributed by atoms with van der Waals surface area (Å²) in [6.45, 7) is 4.90. The molecule has 0 aromatic heterocycles. The Morgan fingerprint density at radius 2 is 2.13 bits per heavy atom. The number of nitrogens with one attached hydrogen (secondary N) is 1. The highest BCUT2D eigenvalue weighted by Gasteiger charge is 2.38. The summed E-state index contributed by atoms with van der Waals surface area (Å²) in [6.07, 6.45) is 2.06. The number of nitrogens with two attached hydrogens (primary N) is 1. The van der Waals surface area contributed by atoms with Gasteiger partial charge in [0, 0.05) is 29.3 Å². The van der Waals surface area contributed by atoms with Crippen molar-refractivity contribution in [3.05, 3.63) is 29.3 Å². The van der Waals surface area contributed by atoms with E-state index >= 15 is 0 Å². The lowest BCUT2D eigenvalue weighted by Crippen LogP contribution is -2.51. The quantitative estimate of drug-likeness (QED) is 0.782. The van der Waals surface area contributed by atoms with Crippen LogP contribution in [0.3, 0.4) is 0 Å². The van der Waals surface area contributed by atoms with E-state index in [0.717, 1.165) is 18.5 Å². The SMILES string of the molecule is CCC(N)(CC)CNC(=O)C1CCN(c2cccc(Cl)c2)C1=O. The summed E-state index contributed by atoms with van der Waals surface area (Å²) >= 11 is 5.97. The van der Waals surface area contributed by atoms with Crippen LogP contribution in [0.4, 0.5) is 5.69 Å². The van der Waals surface area contributed by atoms with Gasteiger partial charge in [0.05, 0.1) is 0 Å². The summed E-state index contributed by atoms with van der Waals surface area (Å²) in [7, 11) is 0. The van der Waals surface area contributed by atoms with Gasteiger partial charge in [-0.2, -0.15) is 0 Å². The summed E-state index contributed by atoms with van der Waals surface area (Å²) < 4.78 is 0. The molecule has 3 N–H and O–H groups in total. The molecule has 1 aliphatic rings. The second-order valence-corrected chi connectivity index (χ2v) is 6.53. The first kappa shape index (κ1) is 17.8. The van der Waals surface area contributed by atoms with Crippen LogP contribution in [-0.4, -0.2) is 30.4 Å². The summed E-state index contributed by atoms with van der Waals surface area (Å²) in [6, 6.07) is 7.11. The van der Waals surface area contributed by atoms with Crippen molar-refractivity contribution in [3.63, 3.8) is 0 Å². The fraction of sp³-hybridized carbons (Fsp3) is 0.529. The van der Waals surface area contributed by atoms with Gasteiger partial charge in [-0.25, -0.2) is 0 Å². The number of amides is 2. The van der Waals surface area contributed by atoms with Crippen LogP contribution in [0.2, 0.25) is 5.02 Å². The van der Waals surface area contributed by atoms with Crippen molar-refractivity contribution >= 4 is 29.1 Å². The van der Waals surface area contributed by atoms with Gasteiger partial charge in [-0.15, -0.1) is 0 Å². The lowest BCUT2D eigenvalue weighted by molar-refractivity contribution is -0.132. The van der Waals surface area contributed by atoms with E-state index in [4.69, 9.17) is 17.3 Å². The molecule has 1 aliphatic heterocycles. The Morgan fingerprint density at radius 3 is 2.74 bits per heavy atom. The van der Waals surface area contributed by atoms with Crippen LogP contribution in [0.5, 0.6) is 0 Å². The summed E-state index contributed by atoms with van der Waals surface area (Å²) in [4.78, 5) is 26.5. The number of benzene rings is 1. The third kappa shape index (κ3) is 4.03. The predicted octanol–water partition coefficient (Wildman–Crippen LogP) is 2.33. The molecule has 2 amide bonds. The van der Waals surface area contributed by atoms with E-state index in [1.807, 2.05) is 19.9 Å². The van der Waals surface area contributed by atoms with Crippen LogP contribution >= 0.6 is 11.6 Å². The maximum atomic E-state index is 12.5. The first-order valence-electron chi connectivity index (χ1n) is 8.03. The van der Waals surface area contributed by atoms with Gasteiger partial charge in [-0.05, 0) is 37.5 Å². The number of hydrogen-bond acceptors (Lipinski definition) is 3. The van der Waals surface area contributed by atoms with E-state index in [0.29, 0.717) is 24.5 Å². The van der Waals surface area contributed by atoms with Crippen LogP contribution in [0.15, 0.2) is 24.3 Å². The molecule has 1 unspecified atom stereocenters. The topological polar surface area (TPSA) is 75.4 Å². The molecule has 1 atom stereocenters. The predicted molar refractivity (Wildman–Crippen MR) is 92.4 cm³/mol. The minimum Gasteiger partial charge on any atom is -0.354 e. The van der Waals surface area contributed by atoms with Gasteiger partial charge in [-0.3, -0.25) is 9.59 Å². The number of halogens is 1. The molecule has 0 radical (unpaired) electrons. The first-order valence-corrected chi connectivity index (χ1v) is 8.41. The van der Waals surface area contributed by atoms with E-state index in [-0.39, 0.29) is 11.8 Å². The molecule has 1 heterocycles. The highest BCUT2D eigenvalue weighted by atomic mass is 35.5. The molecule has 0 saturated carbocycles. The zero-order chi connectivity index (χ0) is 17.0. The summed E-state index contributed by atoms with van der Waals surface area (Å²) in [5.74, 6) is -1.07. The number of rotatable bonds is 6. The van der Waals surface area contributed by atoms with E-state index < -0.39 is 11.5 Å². The molecule has 6 heteroatoms. The molecule has 1 fully saturated rings. The number of anilines is 1. The Bertz CT molecular complexity index is 587. The van der Waals surface area contributed by atoms with Crippen LogP contribution in [-0.2, 0) is 9.59 Å². The molecule has 2 rings (SSSR count). The molecule has 126 valence electrons. The van der Waals surface area contributed by atoms with E-state index in [1.54, 1.807) is 23.1 Å². The smallest absolute Gasteiger partial charge is 0.239 e. The third-order valence-electron chi connectivity index (χ3n) is 4.66. The van der Waals surface area contributed by atoms with Crippen molar-refractivity contribution < 1.29 is 9.59 Å². The lowest BCUT2D eigenvalue weighted by Gasteiger charge is -2.27. The Labute approximate surface area is 142 Å². The zero-order valence-corrected chi connectivity index (χ0v) is 14.4. The fourth-order valence-corrected chi connectivity index (χ4v) is 2.89. The Morgan fingerprint density at radius 1 is 1.43 bits per heavy atom. The van der Waals surface area contributed by atoms with Gasteiger partial charge in [0.2, 0.25) is 11.8 Å². The monoisotopic (exact) mass is 337 g/mol. The number of carbonyl (C=O) groups is 2. The lowest BCUT2D eigenvalue weighted by atomic mass is 9.94. The van der Waals surface area contributed by atoms with Crippen LogP contribution in [0, 0.1) is 5.92 Å². The van der Waals surface area contributed by atoms with Gasteiger partial charge in [0.1, 0.15) is 5.92 Å². The second-order valence-electron chi connectivity index (χ2n) is 6.10. The minimum absolute atomic E-state index is 0.180. The molecule has 1 aromatic rings. The standard InChI is InChI=1S/C17H24ClN3O2/c1-3-17(19,4-2)11-20-15(22)14-8-9-21(16(14)23)13-7-5-6-12(18)10-13/h5-7,10,14H,3-4,8-9,11,19H2,1-2H3,(H,20,22). The molecule has 0 spiro atoms. The third-order valence-corrected chi connectivity index (χ3v) is 4.90. The van der Waals surface area contributed by atoms with Crippen molar-refractivity contribution in [1.29, 1.82) is 0 Å². The average Bonchev–Trinajstić information content (AvgIpc) is 2.94. The van der Waals surface area contributed by atoms with Crippen molar-refractivity contribution in [2.45, 2.75) is 38.6 Å². The fourth-order valence-electron chi connectivity index (χ4n) is 2.71. The average molecular weight is 338 g/mol. The Hall–Kier alpha value is -1.59. The maximum Gasteiger partial charge on any atom is 0.239 e. The molecule has 1 aromatic carbocycles. The van der Waals surface area contributed by atoms with Crippen LogP contribution in [0.25, 0.3) is 0 Å². The molecule has 5 nitrogen and oxygen atoms in total. The Balaban J connectivity index is 2.00. The number of nitrogens with zero attached hydrogens (tertiary/aromatic N) is 1. The zero-order valence-electron chi connectivity index (χ0n) is 13.6. The molecule has 1 saturated heterocycles. The van der Waals surface area contributed by atoms with Gasteiger partial charge in [-0.1, -0.05) is 31.5 Å². The molecular formula is C17H24ClN3O2. The largest absolute Gasteiger partial charge is 0.354 e. The first-order chi connectivity index (χ1) is 10.9. The van der Waals surface area contributed by atoms with E-state index in [1.165, 1.54) is 0 Å². The Kier molecular flexibility index (Phi) is 5.65. The van der Waals surface area contributed by atoms with Crippen molar-refractivity contribution in [1.82, 2.24) is 5.32 Å². The maximum absolute atomic E-state index is 12.5. The molecule has 0 bridgehead atoms. The van der Waals surface area contributed by atoms with Gasteiger partial charge in [0.15, 0.2) is 0 Å². The molecule has 23 heavy (non-hydrogen) atoms. The number of carbonyl (C=O) groups excluding carboxylic acids is 2.